The van der Waals surface area contributed by atoms with Gasteiger partial charge in [-0.2, -0.15) is 31.4 Å². The number of hydrogen-bond acceptors (Lipinski definition) is 3. The van der Waals surface area contributed by atoms with E-state index >= 15 is 0 Å². The van der Waals surface area contributed by atoms with Crippen molar-refractivity contribution in [1.29, 1.82) is 0 Å². The zero-order chi connectivity index (χ0) is 15.6. The van der Waals surface area contributed by atoms with Crippen LogP contribution in [0.4, 0.5) is 26.3 Å². The molecule has 0 aliphatic rings. The monoisotopic (exact) mass is 304 g/mol. The van der Waals surface area contributed by atoms with Crippen LogP contribution in [0.25, 0.3) is 0 Å². The molecule has 10 heteroatoms. The number of rotatable bonds is 5. The SMILES string of the molecule is CCn1cc(CC(NN)C(C(F)(F)F)C(F)(F)F)cn1. The molecule has 1 aromatic heterocycles. The van der Waals surface area contributed by atoms with Crippen molar-refractivity contribution < 1.29 is 26.3 Å². The fourth-order valence-electron chi connectivity index (χ4n) is 1.85. The molecule has 0 spiro atoms. The molecule has 3 N–H and O–H groups in total. The van der Waals surface area contributed by atoms with Crippen LogP contribution in [0.2, 0.25) is 0 Å². The summed E-state index contributed by atoms with van der Waals surface area (Å²) < 4.78 is 76.9. The molecule has 1 heterocycles. The van der Waals surface area contributed by atoms with Gasteiger partial charge >= 0.3 is 12.4 Å². The van der Waals surface area contributed by atoms with Crippen molar-refractivity contribution in [2.75, 3.05) is 0 Å². The Morgan fingerprint density at radius 1 is 1.25 bits per heavy atom. The maximum absolute atomic E-state index is 12.6. The van der Waals surface area contributed by atoms with Crippen molar-refractivity contribution in [1.82, 2.24) is 15.2 Å². The zero-order valence-electron chi connectivity index (χ0n) is 10.5. The average Bonchev–Trinajstić information content (AvgIpc) is 2.72. The van der Waals surface area contributed by atoms with E-state index in [4.69, 9.17) is 5.84 Å². The molecule has 0 aliphatic carbocycles. The first kappa shape index (κ1) is 16.8. The quantitative estimate of drug-likeness (QED) is 0.497. The second-order valence-electron chi connectivity index (χ2n) is 4.24. The van der Waals surface area contributed by atoms with Gasteiger partial charge in [-0.3, -0.25) is 16.0 Å². The Hall–Kier alpha value is -1.29. The molecule has 0 radical (unpaired) electrons. The fourth-order valence-corrected chi connectivity index (χ4v) is 1.85. The second kappa shape index (κ2) is 6.00. The summed E-state index contributed by atoms with van der Waals surface area (Å²) >= 11 is 0. The number of hydrogen-bond donors (Lipinski definition) is 2. The molecule has 1 unspecified atom stereocenters. The van der Waals surface area contributed by atoms with Gasteiger partial charge in [-0.25, -0.2) is 0 Å². The topological polar surface area (TPSA) is 55.9 Å². The molecule has 0 bridgehead atoms. The minimum atomic E-state index is -5.43. The number of nitrogens with one attached hydrogen (secondary N) is 1. The standard InChI is InChI=1S/C10H14F6N4/c1-2-20-5-6(4-18-20)3-7(19-17)8(9(11,12)13)10(14,15)16/h4-5,7-8,19H,2-3,17H2,1H3. The van der Waals surface area contributed by atoms with E-state index in [1.54, 1.807) is 12.3 Å². The Bertz CT molecular complexity index is 410. The molecule has 0 amide bonds. The molecule has 0 aliphatic heterocycles. The summed E-state index contributed by atoms with van der Waals surface area (Å²) in [6.07, 6.45) is -8.79. The number of hydrazine groups is 1. The third-order valence-corrected chi connectivity index (χ3v) is 2.79. The van der Waals surface area contributed by atoms with Crippen molar-refractivity contribution in [2.24, 2.45) is 11.8 Å². The smallest absolute Gasteiger partial charge is 0.273 e. The highest BCUT2D eigenvalue weighted by Gasteiger charge is 2.60. The van der Waals surface area contributed by atoms with Crippen molar-refractivity contribution in [3.8, 4) is 0 Å². The van der Waals surface area contributed by atoms with E-state index in [9.17, 15) is 26.3 Å². The predicted octanol–water partition coefficient (Wildman–Crippen LogP) is 2.02. The summed E-state index contributed by atoms with van der Waals surface area (Å²) in [5.74, 6) is 1.34. The summed E-state index contributed by atoms with van der Waals surface area (Å²) in [5, 5.41) is 3.79. The van der Waals surface area contributed by atoms with E-state index in [0.29, 0.717) is 6.54 Å². The van der Waals surface area contributed by atoms with E-state index in [0.717, 1.165) is 0 Å². The van der Waals surface area contributed by atoms with Gasteiger partial charge in [-0.05, 0) is 18.9 Å². The first-order chi connectivity index (χ1) is 9.09. The first-order valence-corrected chi connectivity index (χ1v) is 5.70. The number of nitrogens with two attached hydrogens (primary N) is 1. The predicted molar refractivity (Wildman–Crippen MR) is 58.3 cm³/mol. The maximum atomic E-state index is 12.6. The van der Waals surface area contributed by atoms with Crippen LogP contribution in [0.1, 0.15) is 12.5 Å². The molecule has 0 aromatic carbocycles. The van der Waals surface area contributed by atoms with Gasteiger partial charge in [0.2, 0.25) is 0 Å². The van der Waals surface area contributed by atoms with E-state index < -0.39 is 30.7 Å². The summed E-state index contributed by atoms with van der Waals surface area (Å²) in [6, 6.07) is -2.01. The number of alkyl halides is 6. The van der Waals surface area contributed by atoms with Gasteiger partial charge in [-0.1, -0.05) is 0 Å². The molecule has 1 aromatic rings. The van der Waals surface area contributed by atoms with Gasteiger partial charge in [0.15, 0.2) is 5.92 Å². The van der Waals surface area contributed by atoms with Crippen molar-refractivity contribution >= 4 is 0 Å². The molecule has 4 nitrogen and oxygen atoms in total. The number of nitrogens with zero attached hydrogens (tertiary/aromatic N) is 2. The van der Waals surface area contributed by atoms with E-state index in [1.807, 2.05) is 0 Å². The number of aryl methyl sites for hydroxylation is 1. The number of halogens is 6. The van der Waals surface area contributed by atoms with Gasteiger partial charge in [0, 0.05) is 18.8 Å². The van der Waals surface area contributed by atoms with Crippen molar-refractivity contribution in [3.05, 3.63) is 18.0 Å². The lowest BCUT2D eigenvalue weighted by Crippen LogP contribution is -2.54. The summed E-state index contributed by atoms with van der Waals surface area (Å²) in [5.41, 5.74) is 1.86. The van der Waals surface area contributed by atoms with Crippen LogP contribution in [-0.4, -0.2) is 28.2 Å². The van der Waals surface area contributed by atoms with Crippen molar-refractivity contribution in [2.45, 2.75) is 38.3 Å². The van der Waals surface area contributed by atoms with Gasteiger partial charge < -0.3 is 0 Å². The van der Waals surface area contributed by atoms with E-state index in [2.05, 4.69) is 5.10 Å². The molecule has 1 rings (SSSR count). The molecule has 20 heavy (non-hydrogen) atoms. The van der Waals surface area contributed by atoms with Gasteiger partial charge in [0.25, 0.3) is 0 Å². The Morgan fingerprint density at radius 3 is 2.15 bits per heavy atom. The molecular formula is C10H14F6N4. The number of aromatic nitrogens is 2. The van der Waals surface area contributed by atoms with Crippen LogP contribution in [0.5, 0.6) is 0 Å². The molecular weight excluding hydrogens is 290 g/mol. The van der Waals surface area contributed by atoms with Crippen LogP contribution < -0.4 is 11.3 Å². The maximum Gasteiger partial charge on any atom is 0.402 e. The minimum Gasteiger partial charge on any atom is -0.273 e. The lowest BCUT2D eigenvalue weighted by atomic mass is 9.94. The highest BCUT2D eigenvalue weighted by molar-refractivity contribution is 5.08. The van der Waals surface area contributed by atoms with Gasteiger partial charge in [0.05, 0.1) is 6.20 Å². The van der Waals surface area contributed by atoms with E-state index in [-0.39, 0.29) is 5.56 Å². The summed E-state index contributed by atoms with van der Waals surface area (Å²) in [4.78, 5) is 0. The third kappa shape index (κ3) is 4.10. The largest absolute Gasteiger partial charge is 0.402 e. The average molecular weight is 304 g/mol. The fraction of sp³-hybridized carbons (Fsp3) is 0.700. The molecule has 0 saturated carbocycles. The summed E-state index contributed by atoms with van der Waals surface area (Å²) in [6.45, 7) is 2.20. The van der Waals surface area contributed by atoms with E-state index in [1.165, 1.54) is 17.1 Å². The minimum absolute atomic E-state index is 0.244. The Morgan fingerprint density at radius 2 is 1.80 bits per heavy atom. The molecule has 0 saturated heterocycles. The summed E-state index contributed by atoms with van der Waals surface area (Å²) in [7, 11) is 0. The van der Waals surface area contributed by atoms with Crippen LogP contribution in [0, 0.1) is 5.92 Å². The Labute approximate surface area is 110 Å². The molecule has 0 fully saturated rings. The highest BCUT2D eigenvalue weighted by atomic mass is 19.4. The van der Waals surface area contributed by atoms with Crippen LogP contribution in [-0.2, 0) is 13.0 Å². The van der Waals surface area contributed by atoms with Crippen LogP contribution >= 0.6 is 0 Å². The Kier molecular flexibility index (Phi) is 5.03. The molecule has 116 valence electrons. The highest BCUT2D eigenvalue weighted by Crippen LogP contribution is 2.41. The van der Waals surface area contributed by atoms with Crippen molar-refractivity contribution in [3.63, 3.8) is 0 Å². The lowest BCUT2D eigenvalue weighted by Gasteiger charge is -2.29. The zero-order valence-corrected chi connectivity index (χ0v) is 10.5. The normalized spacial score (nSPS) is 14.8. The lowest BCUT2D eigenvalue weighted by molar-refractivity contribution is -0.291. The van der Waals surface area contributed by atoms with Crippen LogP contribution in [0.15, 0.2) is 12.4 Å². The molecule has 1 atom stereocenters. The van der Waals surface area contributed by atoms with Gasteiger partial charge in [-0.15, -0.1) is 0 Å². The first-order valence-electron chi connectivity index (χ1n) is 5.70. The van der Waals surface area contributed by atoms with Gasteiger partial charge in [0.1, 0.15) is 0 Å². The Balaban J connectivity index is 2.96. The van der Waals surface area contributed by atoms with Crippen LogP contribution in [0.3, 0.4) is 0 Å². The third-order valence-electron chi connectivity index (χ3n) is 2.79. The second-order valence-corrected chi connectivity index (χ2v) is 4.24.